The normalized spacial score (nSPS) is 40.4. The van der Waals surface area contributed by atoms with E-state index in [9.17, 15) is 0 Å². The number of rotatable bonds is 3. The summed E-state index contributed by atoms with van der Waals surface area (Å²) in [4.78, 5) is 2.65. The second-order valence-electron chi connectivity index (χ2n) is 6.60. The van der Waals surface area contributed by atoms with Crippen molar-refractivity contribution in [2.24, 2.45) is 11.8 Å². The van der Waals surface area contributed by atoms with Gasteiger partial charge in [-0.1, -0.05) is 19.3 Å². The Morgan fingerprint density at radius 2 is 1.76 bits per heavy atom. The van der Waals surface area contributed by atoms with Gasteiger partial charge in [0.1, 0.15) is 0 Å². The van der Waals surface area contributed by atoms with Crippen LogP contribution in [0.15, 0.2) is 0 Å². The van der Waals surface area contributed by atoms with Crippen LogP contribution in [-0.2, 0) is 0 Å². The molecule has 0 aromatic heterocycles. The van der Waals surface area contributed by atoms with E-state index in [1.807, 2.05) is 0 Å². The summed E-state index contributed by atoms with van der Waals surface area (Å²) in [6, 6.07) is 1.58. The van der Waals surface area contributed by atoms with Gasteiger partial charge in [0.25, 0.3) is 0 Å². The van der Waals surface area contributed by atoms with Gasteiger partial charge in [-0.05, 0) is 57.5 Å². The van der Waals surface area contributed by atoms with Gasteiger partial charge in [0.2, 0.25) is 0 Å². The maximum atomic E-state index is 3.99. The Bertz CT molecular complexity index is 247. The molecular formula is C15H28N2. The average molecular weight is 236 g/mol. The number of hydrogen-bond acceptors (Lipinski definition) is 2. The maximum absolute atomic E-state index is 3.99. The molecule has 1 aliphatic carbocycles. The topological polar surface area (TPSA) is 15.3 Å². The van der Waals surface area contributed by atoms with E-state index in [0.29, 0.717) is 0 Å². The lowest BCUT2D eigenvalue weighted by Crippen LogP contribution is -2.49. The minimum Gasteiger partial charge on any atom is -0.311 e. The number of piperidine rings is 1. The second kappa shape index (κ2) is 5.27. The van der Waals surface area contributed by atoms with Crippen LogP contribution in [0.25, 0.3) is 0 Å². The third-order valence-electron chi connectivity index (χ3n) is 5.47. The molecule has 2 aliphatic heterocycles. The Balaban J connectivity index is 1.51. The SMILES string of the molecule is CC(NC1CCN2CCC1C2)C1CCCCC1. The van der Waals surface area contributed by atoms with Crippen molar-refractivity contribution in [3.8, 4) is 0 Å². The molecule has 3 fully saturated rings. The van der Waals surface area contributed by atoms with E-state index in [0.717, 1.165) is 23.9 Å². The van der Waals surface area contributed by atoms with Crippen molar-refractivity contribution in [3.05, 3.63) is 0 Å². The molecule has 0 radical (unpaired) electrons. The summed E-state index contributed by atoms with van der Waals surface area (Å²) in [5, 5.41) is 3.99. The molecule has 2 heterocycles. The molecule has 0 aromatic carbocycles. The predicted octanol–water partition coefficient (Wildman–Crippen LogP) is 2.64. The van der Waals surface area contributed by atoms with Crippen molar-refractivity contribution in [3.63, 3.8) is 0 Å². The fourth-order valence-corrected chi connectivity index (χ4v) is 4.28. The third-order valence-corrected chi connectivity index (χ3v) is 5.47. The van der Waals surface area contributed by atoms with Crippen LogP contribution in [0.4, 0.5) is 0 Å². The van der Waals surface area contributed by atoms with Gasteiger partial charge < -0.3 is 10.2 Å². The Morgan fingerprint density at radius 1 is 1.00 bits per heavy atom. The van der Waals surface area contributed by atoms with Crippen LogP contribution in [0.3, 0.4) is 0 Å². The van der Waals surface area contributed by atoms with Crippen molar-refractivity contribution in [1.29, 1.82) is 0 Å². The predicted molar refractivity (Wildman–Crippen MR) is 72.1 cm³/mol. The monoisotopic (exact) mass is 236 g/mol. The lowest BCUT2D eigenvalue weighted by molar-refractivity contribution is 0.185. The van der Waals surface area contributed by atoms with Gasteiger partial charge in [-0.3, -0.25) is 0 Å². The van der Waals surface area contributed by atoms with E-state index in [1.54, 1.807) is 0 Å². The molecule has 0 amide bonds. The minimum absolute atomic E-state index is 0.757. The van der Waals surface area contributed by atoms with Crippen LogP contribution < -0.4 is 5.32 Å². The van der Waals surface area contributed by atoms with Gasteiger partial charge in [-0.25, -0.2) is 0 Å². The molecule has 2 heteroatoms. The highest BCUT2D eigenvalue weighted by Gasteiger charge is 2.35. The van der Waals surface area contributed by atoms with Gasteiger partial charge in [0, 0.05) is 18.6 Å². The van der Waals surface area contributed by atoms with Crippen molar-refractivity contribution < 1.29 is 0 Å². The Kier molecular flexibility index (Phi) is 3.72. The zero-order valence-corrected chi connectivity index (χ0v) is 11.3. The minimum atomic E-state index is 0.757. The van der Waals surface area contributed by atoms with Crippen molar-refractivity contribution in [1.82, 2.24) is 10.2 Å². The van der Waals surface area contributed by atoms with E-state index in [1.165, 1.54) is 64.6 Å². The van der Waals surface area contributed by atoms with E-state index < -0.39 is 0 Å². The lowest BCUT2D eigenvalue weighted by atomic mass is 9.83. The van der Waals surface area contributed by atoms with Gasteiger partial charge in [0.05, 0.1) is 0 Å². The smallest absolute Gasteiger partial charge is 0.0123 e. The first-order chi connectivity index (χ1) is 8.33. The van der Waals surface area contributed by atoms with Gasteiger partial charge >= 0.3 is 0 Å². The van der Waals surface area contributed by atoms with Gasteiger partial charge in [0.15, 0.2) is 0 Å². The fraction of sp³-hybridized carbons (Fsp3) is 1.00. The fourth-order valence-electron chi connectivity index (χ4n) is 4.28. The molecular weight excluding hydrogens is 208 g/mol. The standard InChI is InChI=1S/C15H28N2/c1-12(13-5-3-2-4-6-13)16-15-8-10-17-9-7-14(15)11-17/h12-16H,2-11H2,1H3. The summed E-state index contributed by atoms with van der Waals surface area (Å²) in [6.07, 6.45) is 10.2. The van der Waals surface area contributed by atoms with E-state index in [-0.39, 0.29) is 0 Å². The second-order valence-corrected chi connectivity index (χ2v) is 6.60. The first-order valence-electron chi connectivity index (χ1n) is 7.81. The quantitative estimate of drug-likeness (QED) is 0.810. The molecule has 1 saturated carbocycles. The summed E-state index contributed by atoms with van der Waals surface area (Å²) < 4.78 is 0. The van der Waals surface area contributed by atoms with Crippen LogP contribution in [-0.4, -0.2) is 36.6 Å². The van der Waals surface area contributed by atoms with Gasteiger partial charge in [-0.15, -0.1) is 0 Å². The molecule has 4 unspecified atom stereocenters. The Hall–Kier alpha value is -0.0800. The van der Waals surface area contributed by atoms with Crippen LogP contribution in [0.5, 0.6) is 0 Å². The van der Waals surface area contributed by atoms with Crippen LogP contribution in [0, 0.1) is 11.8 Å². The summed E-state index contributed by atoms with van der Waals surface area (Å²) in [5.41, 5.74) is 0. The zero-order chi connectivity index (χ0) is 11.7. The third kappa shape index (κ3) is 2.68. The highest BCUT2D eigenvalue weighted by atomic mass is 15.2. The number of nitrogens with one attached hydrogen (secondary N) is 1. The molecule has 2 nitrogen and oxygen atoms in total. The first-order valence-corrected chi connectivity index (χ1v) is 7.81. The molecule has 0 aromatic rings. The molecule has 2 saturated heterocycles. The van der Waals surface area contributed by atoms with Crippen molar-refractivity contribution in [2.75, 3.05) is 19.6 Å². The summed E-state index contributed by atoms with van der Waals surface area (Å²) in [6.45, 7) is 6.51. The largest absolute Gasteiger partial charge is 0.311 e. The molecule has 98 valence electrons. The van der Waals surface area contributed by atoms with Crippen molar-refractivity contribution >= 4 is 0 Å². The molecule has 17 heavy (non-hydrogen) atoms. The van der Waals surface area contributed by atoms with E-state index in [2.05, 4.69) is 17.1 Å². The first kappa shape index (κ1) is 12.0. The van der Waals surface area contributed by atoms with Crippen LogP contribution in [0.2, 0.25) is 0 Å². The number of fused-ring (bicyclic) bond motifs is 2. The van der Waals surface area contributed by atoms with Gasteiger partial charge in [-0.2, -0.15) is 0 Å². The highest BCUT2D eigenvalue weighted by Crippen LogP contribution is 2.30. The average Bonchev–Trinajstić information content (AvgIpc) is 2.77. The molecule has 3 rings (SSSR count). The molecule has 1 N–H and O–H groups in total. The number of nitrogens with zero attached hydrogens (tertiary/aromatic N) is 1. The lowest BCUT2D eigenvalue weighted by Gasteiger charge is -2.36. The Morgan fingerprint density at radius 3 is 2.59 bits per heavy atom. The van der Waals surface area contributed by atoms with E-state index in [4.69, 9.17) is 0 Å². The number of hydrogen-bond donors (Lipinski definition) is 1. The maximum Gasteiger partial charge on any atom is 0.0123 e. The highest BCUT2D eigenvalue weighted by molar-refractivity contribution is 4.92. The zero-order valence-electron chi connectivity index (χ0n) is 11.3. The summed E-state index contributed by atoms with van der Waals surface area (Å²) in [7, 11) is 0. The van der Waals surface area contributed by atoms with Crippen molar-refractivity contribution in [2.45, 2.75) is 64.0 Å². The molecule has 0 spiro atoms. The van der Waals surface area contributed by atoms with E-state index >= 15 is 0 Å². The molecule has 3 aliphatic rings. The molecule has 4 atom stereocenters. The summed E-state index contributed by atoms with van der Waals surface area (Å²) in [5.74, 6) is 1.91. The van der Waals surface area contributed by atoms with Crippen LogP contribution in [0.1, 0.15) is 51.9 Å². The Labute approximate surface area is 106 Å². The molecule has 2 bridgehead atoms. The summed E-state index contributed by atoms with van der Waals surface area (Å²) >= 11 is 0. The van der Waals surface area contributed by atoms with Crippen LogP contribution >= 0.6 is 0 Å².